The van der Waals surface area contributed by atoms with Crippen molar-refractivity contribution in [1.82, 2.24) is 0 Å². The second-order valence-corrected chi connectivity index (χ2v) is 29.2. The Kier molecular flexibility index (Phi) is 71.4. The zero-order valence-electron chi connectivity index (χ0n) is 64.0. The first-order valence-electron chi connectivity index (χ1n) is 39.8. The summed E-state index contributed by atoms with van der Waals surface area (Å²) in [5, 5.41) is 10.6. The van der Waals surface area contributed by atoms with Gasteiger partial charge in [0.05, 0.1) is 32.8 Å². The molecule has 0 spiro atoms. The fourth-order valence-corrected chi connectivity index (χ4v) is 12.0. The molecular weight excluding hydrogens is 1330 g/mol. The summed E-state index contributed by atoms with van der Waals surface area (Å²) in [4.78, 5) is 72.9. The van der Waals surface area contributed by atoms with Crippen LogP contribution < -0.4 is 0 Å². The van der Waals surface area contributed by atoms with Crippen LogP contribution >= 0.6 is 15.6 Å². The van der Waals surface area contributed by atoms with Crippen LogP contribution in [0.4, 0.5) is 0 Å². The average molecular weight is 1470 g/mol. The molecule has 0 aromatic rings. The second-order valence-electron chi connectivity index (χ2n) is 26.3. The number of phosphoric ester groups is 2. The number of phosphoric acid groups is 2. The summed E-state index contributed by atoms with van der Waals surface area (Å²) in [5.41, 5.74) is 0. The van der Waals surface area contributed by atoms with Crippen LogP contribution in [0.1, 0.15) is 323 Å². The Hall–Kier alpha value is -4.54. The summed E-state index contributed by atoms with van der Waals surface area (Å²) in [6, 6.07) is 0. The second kappa shape index (κ2) is 74.7. The van der Waals surface area contributed by atoms with Gasteiger partial charge in [0.25, 0.3) is 0 Å². The van der Waals surface area contributed by atoms with Gasteiger partial charge >= 0.3 is 39.5 Å². The fraction of sp³-hybridized carbons (Fsp3) is 0.711. The third-order valence-electron chi connectivity index (χ3n) is 16.5. The number of carbonyl (C=O) groups is 4. The number of esters is 4. The van der Waals surface area contributed by atoms with Crippen LogP contribution in [-0.2, 0) is 65.4 Å². The summed E-state index contributed by atoms with van der Waals surface area (Å²) in [7, 11) is -9.98. The number of aliphatic hydroxyl groups excluding tert-OH is 1. The Labute approximate surface area is 619 Å². The van der Waals surface area contributed by atoms with E-state index in [4.69, 9.17) is 37.0 Å². The highest BCUT2D eigenvalue weighted by Gasteiger charge is 2.30. The van der Waals surface area contributed by atoms with Gasteiger partial charge in [-0.05, 0) is 116 Å². The molecule has 0 saturated heterocycles. The molecule has 0 amide bonds. The van der Waals surface area contributed by atoms with Crippen molar-refractivity contribution in [1.29, 1.82) is 0 Å². The minimum absolute atomic E-state index is 0.0647. The van der Waals surface area contributed by atoms with Crippen LogP contribution in [0, 0.1) is 0 Å². The first-order valence-corrected chi connectivity index (χ1v) is 42.8. The van der Waals surface area contributed by atoms with Crippen molar-refractivity contribution < 1.29 is 80.2 Å². The molecule has 0 aliphatic heterocycles. The number of ether oxygens (including phenoxy) is 4. The third kappa shape index (κ3) is 73.8. The van der Waals surface area contributed by atoms with Gasteiger partial charge < -0.3 is 33.8 Å². The first-order chi connectivity index (χ1) is 49.7. The predicted octanol–water partition coefficient (Wildman–Crippen LogP) is 23.1. The highest BCUT2D eigenvalue weighted by molar-refractivity contribution is 7.47. The van der Waals surface area contributed by atoms with E-state index in [1.165, 1.54) is 89.9 Å². The van der Waals surface area contributed by atoms with Crippen LogP contribution in [0.15, 0.2) is 122 Å². The van der Waals surface area contributed by atoms with Crippen LogP contribution in [-0.4, -0.2) is 96.7 Å². The Morgan fingerprint density at radius 3 is 0.882 bits per heavy atom. The lowest BCUT2D eigenvalue weighted by molar-refractivity contribution is -0.161. The molecule has 5 unspecified atom stereocenters. The fourth-order valence-electron chi connectivity index (χ4n) is 10.5. The molecule has 0 aromatic carbocycles. The number of unbranched alkanes of at least 4 members (excludes halogenated alkanes) is 29. The van der Waals surface area contributed by atoms with Crippen molar-refractivity contribution in [3.05, 3.63) is 122 Å². The summed E-state index contributed by atoms with van der Waals surface area (Å²) in [6.07, 6.45) is 82.1. The van der Waals surface area contributed by atoms with E-state index in [9.17, 15) is 43.2 Å². The van der Waals surface area contributed by atoms with Crippen molar-refractivity contribution in [3.8, 4) is 0 Å². The summed E-state index contributed by atoms with van der Waals surface area (Å²) >= 11 is 0. The molecule has 3 N–H and O–H groups in total. The summed E-state index contributed by atoms with van der Waals surface area (Å²) < 4.78 is 68.5. The Morgan fingerprint density at radius 2 is 0.549 bits per heavy atom. The van der Waals surface area contributed by atoms with Gasteiger partial charge in [0.15, 0.2) is 12.2 Å². The minimum Gasteiger partial charge on any atom is -0.462 e. The van der Waals surface area contributed by atoms with Crippen LogP contribution in [0.25, 0.3) is 0 Å². The van der Waals surface area contributed by atoms with Crippen molar-refractivity contribution in [2.75, 3.05) is 39.6 Å². The topological polar surface area (TPSA) is 237 Å². The lowest BCUT2D eigenvalue weighted by atomic mass is 10.0. The van der Waals surface area contributed by atoms with E-state index >= 15 is 0 Å². The van der Waals surface area contributed by atoms with Gasteiger partial charge in [-0.25, -0.2) is 9.13 Å². The molecule has 0 saturated carbocycles. The number of aliphatic hydroxyl groups is 1. The van der Waals surface area contributed by atoms with Crippen molar-refractivity contribution in [2.24, 2.45) is 0 Å². The summed E-state index contributed by atoms with van der Waals surface area (Å²) in [5.74, 6) is -2.34. The van der Waals surface area contributed by atoms with E-state index < -0.39 is 97.5 Å². The van der Waals surface area contributed by atoms with Gasteiger partial charge in [0, 0.05) is 19.3 Å². The molecule has 17 nitrogen and oxygen atoms in total. The van der Waals surface area contributed by atoms with Gasteiger partial charge in [0.2, 0.25) is 0 Å². The predicted molar refractivity (Wildman–Crippen MR) is 418 cm³/mol. The molecule has 0 bridgehead atoms. The lowest BCUT2D eigenvalue weighted by Crippen LogP contribution is -2.30. The van der Waals surface area contributed by atoms with Crippen molar-refractivity contribution >= 4 is 39.5 Å². The molecule has 0 heterocycles. The van der Waals surface area contributed by atoms with Gasteiger partial charge in [0.1, 0.15) is 19.3 Å². The number of allylic oxidation sites excluding steroid dienone is 19. The molecule has 0 aliphatic rings. The Balaban J connectivity index is 5.41. The maximum Gasteiger partial charge on any atom is 0.472 e. The van der Waals surface area contributed by atoms with E-state index in [2.05, 4.69) is 125 Å². The molecule has 0 radical (unpaired) electrons. The average Bonchev–Trinajstić information content (AvgIpc) is 0.919. The first kappa shape index (κ1) is 97.5. The molecule has 5 atom stereocenters. The molecule has 586 valence electrons. The highest BCUT2D eigenvalue weighted by Crippen LogP contribution is 2.45. The maximum atomic E-state index is 13.1. The SMILES string of the molecule is CC/C=C\C/C=C\C/C=C\C/C=C\C/C=C\CC(=O)OCC(COP(=O)(O)OCC(O)COP(=O)(O)OCC(COC(=O)CCCCCCCC/C=C\C/C=C\C/C=C\C/C=C\CC)OC(=O)CCCCCCCCCCCCCCC)OC(=O)CCCCCCC/C=C\CCCCCCCC. The molecule has 0 rings (SSSR count). The van der Waals surface area contributed by atoms with Crippen LogP contribution in [0.2, 0.25) is 0 Å². The largest absolute Gasteiger partial charge is 0.472 e. The van der Waals surface area contributed by atoms with Gasteiger partial charge in [-0.1, -0.05) is 303 Å². The molecule has 102 heavy (non-hydrogen) atoms. The third-order valence-corrected chi connectivity index (χ3v) is 18.4. The van der Waals surface area contributed by atoms with Crippen molar-refractivity contribution in [2.45, 2.75) is 341 Å². The number of carbonyl (C=O) groups excluding carboxylic acids is 4. The zero-order valence-corrected chi connectivity index (χ0v) is 65.8. The molecule has 0 fully saturated rings. The molecular formula is C83H142O17P2. The molecule has 0 aromatic heterocycles. The molecule has 19 heteroatoms. The number of hydrogen-bond donors (Lipinski definition) is 3. The van der Waals surface area contributed by atoms with Gasteiger partial charge in [-0.2, -0.15) is 0 Å². The quantitative estimate of drug-likeness (QED) is 0.0169. The minimum atomic E-state index is -5.00. The van der Waals surface area contributed by atoms with E-state index in [0.29, 0.717) is 25.7 Å². The normalized spacial score (nSPS) is 14.5. The Morgan fingerprint density at radius 1 is 0.294 bits per heavy atom. The van der Waals surface area contributed by atoms with Gasteiger partial charge in [-0.3, -0.25) is 37.3 Å². The van der Waals surface area contributed by atoms with Crippen LogP contribution in [0.5, 0.6) is 0 Å². The Bertz CT molecular complexity index is 2410. The standard InChI is InChI=1S/C83H142O17P2/c1-5-9-13-17-21-25-29-33-36-37-38-39-42-45-48-52-56-60-64-68-81(86)94-73-78(99-82(87)69-65-61-57-53-49-43-32-28-24-20-16-12-8-4)75-97-101(89,90)95-71-77(84)72-96-102(91,92)98-76-79(100-83(88)70-66-62-58-54-50-46-41-35-31-27-23-19-15-11-7-3)74-93-80(85)67-63-59-55-51-47-44-40-34-30-26-22-18-14-10-6-2/h9-10,13-14,21-22,25-26,33-36,38-41,47,51,59,63,77-79,84H,5-8,11-12,15-20,23-24,27-32,37,42-46,48-50,52-58,60-62,64-76H2,1-4H3,(H,89,90)(H,91,92)/b13-9-,14-10-,25-21-,26-22-,36-33-,39-38-,40-34-,41-35-,51-47-,63-59-. The van der Waals surface area contributed by atoms with Gasteiger partial charge in [-0.15, -0.1) is 0 Å². The molecule has 0 aliphatic carbocycles. The van der Waals surface area contributed by atoms with E-state index in [-0.39, 0.29) is 25.7 Å². The number of hydrogen-bond acceptors (Lipinski definition) is 15. The maximum absolute atomic E-state index is 13.1. The zero-order chi connectivity index (χ0) is 74.6. The van der Waals surface area contributed by atoms with Crippen LogP contribution in [0.3, 0.4) is 0 Å². The van der Waals surface area contributed by atoms with E-state index in [1.807, 2.05) is 18.2 Å². The number of rotatable bonds is 74. The smallest absolute Gasteiger partial charge is 0.462 e. The monoisotopic (exact) mass is 1470 g/mol. The van der Waals surface area contributed by atoms with E-state index in [1.54, 1.807) is 6.08 Å². The lowest BCUT2D eigenvalue weighted by Gasteiger charge is -2.21. The highest BCUT2D eigenvalue weighted by atomic mass is 31.2. The summed E-state index contributed by atoms with van der Waals surface area (Å²) in [6.45, 7) is 4.53. The van der Waals surface area contributed by atoms with Crippen molar-refractivity contribution in [3.63, 3.8) is 0 Å². The van der Waals surface area contributed by atoms with E-state index in [0.717, 1.165) is 154 Å².